The van der Waals surface area contributed by atoms with E-state index in [1.807, 2.05) is 0 Å². The summed E-state index contributed by atoms with van der Waals surface area (Å²) in [5.41, 5.74) is 14.7. The maximum Gasteiger partial charge on any atom is 0.243 e. The first kappa shape index (κ1) is 60.4. The molecule has 0 aliphatic carbocycles. The Morgan fingerprint density at radius 2 is 1.09 bits per heavy atom. The first-order chi connectivity index (χ1) is 32.9. The molecule has 12 N–H and O–H groups in total. The molecule has 0 bridgehead atoms. The van der Waals surface area contributed by atoms with Gasteiger partial charge in [-0.2, -0.15) is 5.10 Å². The van der Waals surface area contributed by atoms with Crippen molar-refractivity contribution in [1.82, 2.24) is 42.6 Å². The number of unbranched alkanes of at least 4 members (excludes halogenated alkanes) is 1. The lowest BCUT2D eigenvalue weighted by Crippen LogP contribution is -2.57. The number of benzene rings is 1. The smallest absolute Gasteiger partial charge is 0.243 e. The SMILES string of the molecule is COCCOCCNC(=O)C(CC(=O)[O-])NC(=O)C(CC(=O)N/N=C/c1ccc(CNC(=O)CC(NC(=O)C(N)CCCCN)C(=O)NC(CC(=O)[O-])C(=O)NCCOCCOC)cc1)NC(C)=O. The first-order valence-electron chi connectivity index (χ1n) is 21.8. The van der Waals surface area contributed by atoms with Crippen LogP contribution in [-0.2, 0) is 73.4 Å². The molecule has 69 heavy (non-hydrogen) atoms. The van der Waals surface area contributed by atoms with Crippen molar-refractivity contribution in [3.05, 3.63) is 35.4 Å². The number of carboxylic acids is 2. The molecular formula is C42H65N11O16-2. The molecule has 1 rings (SSSR count). The molecule has 0 saturated heterocycles. The van der Waals surface area contributed by atoms with Crippen molar-refractivity contribution in [3.63, 3.8) is 0 Å². The minimum Gasteiger partial charge on any atom is -0.550 e. The van der Waals surface area contributed by atoms with Gasteiger partial charge >= 0.3 is 0 Å². The van der Waals surface area contributed by atoms with Gasteiger partial charge in [0.15, 0.2) is 0 Å². The largest absolute Gasteiger partial charge is 0.550 e. The fourth-order valence-electron chi connectivity index (χ4n) is 5.70. The predicted molar refractivity (Wildman–Crippen MR) is 238 cm³/mol. The number of carbonyl (C=O) groups excluding carboxylic acids is 10. The van der Waals surface area contributed by atoms with Crippen molar-refractivity contribution in [3.8, 4) is 0 Å². The van der Waals surface area contributed by atoms with E-state index in [4.69, 9.17) is 30.4 Å². The number of aliphatic carboxylic acids is 2. The molecule has 0 fully saturated rings. The van der Waals surface area contributed by atoms with E-state index >= 15 is 0 Å². The van der Waals surface area contributed by atoms with Gasteiger partial charge in [-0.05, 0) is 30.5 Å². The number of carbonyl (C=O) groups is 10. The highest BCUT2D eigenvalue weighted by atomic mass is 16.5. The Morgan fingerprint density at radius 3 is 1.57 bits per heavy atom. The van der Waals surface area contributed by atoms with E-state index in [9.17, 15) is 58.2 Å². The quantitative estimate of drug-likeness (QED) is 0.0168. The minimum atomic E-state index is -1.66. The Morgan fingerprint density at radius 1 is 0.609 bits per heavy atom. The number of nitrogens with zero attached hydrogens (tertiary/aromatic N) is 1. The number of nitrogens with two attached hydrogens (primary N) is 2. The number of hydrogen-bond donors (Lipinski definition) is 10. The van der Waals surface area contributed by atoms with Gasteiger partial charge in [0.1, 0.15) is 24.2 Å². The van der Waals surface area contributed by atoms with Crippen LogP contribution in [0.4, 0.5) is 0 Å². The molecule has 5 atom stereocenters. The van der Waals surface area contributed by atoms with Gasteiger partial charge in [0.2, 0.25) is 47.3 Å². The zero-order valence-corrected chi connectivity index (χ0v) is 38.9. The number of hydrazone groups is 1. The maximum absolute atomic E-state index is 13.5. The van der Waals surface area contributed by atoms with Crippen LogP contribution in [0.3, 0.4) is 0 Å². The molecule has 0 aromatic heterocycles. The summed E-state index contributed by atoms with van der Waals surface area (Å²) in [6, 6.07) is -1.15. The Bertz CT molecular complexity index is 1850. The highest BCUT2D eigenvalue weighted by Gasteiger charge is 2.31. The second-order valence-electron chi connectivity index (χ2n) is 15.0. The molecule has 0 aliphatic heterocycles. The van der Waals surface area contributed by atoms with Gasteiger partial charge < -0.3 is 87.4 Å². The van der Waals surface area contributed by atoms with Gasteiger partial charge in [-0.1, -0.05) is 30.7 Å². The molecule has 27 nitrogen and oxygen atoms in total. The third-order valence-electron chi connectivity index (χ3n) is 9.25. The lowest BCUT2D eigenvalue weighted by atomic mass is 10.1. The van der Waals surface area contributed by atoms with E-state index < -0.39 is 115 Å². The molecule has 0 aliphatic rings. The summed E-state index contributed by atoms with van der Waals surface area (Å²) in [6.07, 6.45) is -0.606. The van der Waals surface area contributed by atoms with Crippen LogP contribution in [-0.4, -0.2) is 169 Å². The number of ether oxygens (including phenoxy) is 4. The average Bonchev–Trinajstić information content (AvgIpc) is 3.29. The van der Waals surface area contributed by atoms with Crippen molar-refractivity contribution >= 4 is 65.4 Å². The van der Waals surface area contributed by atoms with Crippen LogP contribution in [0.15, 0.2) is 29.4 Å². The topological polar surface area (TPSA) is 414 Å². The Labute approximate surface area is 398 Å². The summed E-state index contributed by atoms with van der Waals surface area (Å²) < 4.78 is 20.2. The molecule has 8 amide bonds. The summed E-state index contributed by atoms with van der Waals surface area (Å²) in [5.74, 6) is -10.2. The maximum atomic E-state index is 13.5. The number of hydrogen-bond acceptors (Lipinski definition) is 19. The Hall–Kier alpha value is -6.65. The molecule has 0 saturated carbocycles. The van der Waals surface area contributed by atoms with Crippen molar-refractivity contribution in [1.29, 1.82) is 0 Å². The summed E-state index contributed by atoms with van der Waals surface area (Å²) in [4.78, 5) is 125. The van der Waals surface area contributed by atoms with Gasteiger partial charge in [-0.3, -0.25) is 38.4 Å². The second-order valence-corrected chi connectivity index (χ2v) is 15.0. The molecule has 1 aromatic rings. The fraction of sp³-hybridized carbons (Fsp3) is 0.595. The lowest BCUT2D eigenvalue weighted by Gasteiger charge is -2.24. The zero-order valence-electron chi connectivity index (χ0n) is 38.9. The molecule has 0 heterocycles. The lowest BCUT2D eigenvalue weighted by molar-refractivity contribution is -0.307. The molecule has 27 heteroatoms. The molecule has 5 unspecified atom stereocenters. The molecule has 1 aromatic carbocycles. The molecular weight excluding hydrogens is 915 g/mol. The van der Waals surface area contributed by atoms with Crippen molar-refractivity contribution in [2.45, 2.75) is 88.6 Å². The highest BCUT2D eigenvalue weighted by Crippen LogP contribution is 2.06. The normalized spacial score (nSPS) is 13.1. The van der Waals surface area contributed by atoms with Crippen LogP contribution in [0, 0.1) is 0 Å². The summed E-state index contributed by atoms with van der Waals surface area (Å²) >= 11 is 0. The van der Waals surface area contributed by atoms with E-state index in [0.717, 1.165) is 6.92 Å². The second kappa shape index (κ2) is 35.5. The third kappa shape index (κ3) is 28.3. The number of carboxylic acid groups (broad SMARTS) is 2. The first-order valence-corrected chi connectivity index (χ1v) is 21.8. The van der Waals surface area contributed by atoms with E-state index in [1.54, 1.807) is 24.3 Å². The van der Waals surface area contributed by atoms with Gasteiger partial charge in [-0.15, -0.1) is 0 Å². The average molecular weight is 980 g/mol. The van der Waals surface area contributed by atoms with Crippen LogP contribution < -0.4 is 64.3 Å². The van der Waals surface area contributed by atoms with Gasteiger partial charge in [0, 0.05) is 65.6 Å². The number of nitrogens with one attached hydrogen (secondary N) is 8. The fourth-order valence-corrected chi connectivity index (χ4v) is 5.70. The summed E-state index contributed by atoms with van der Waals surface area (Å²) in [5, 5.41) is 43.3. The zero-order chi connectivity index (χ0) is 51.6. The van der Waals surface area contributed by atoms with Crippen molar-refractivity contribution in [2.24, 2.45) is 16.6 Å². The summed E-state index contributed by atoms with van der Waals surface area (Å²) in [6.45, 7) is 2.54. The van der Waals surface area contributed by atoms with E-state index in [2.05, 4.69) is 47.7 Å². The van der Waals surface area contributed by atoms with E-state index in [0.29, 0.717) is 43.7 Å². The van der Waals surface area contributed by atoms with Crippen LogP contribution in [0.5, 0.6) is 0 Å². The highest BCUT2D eigenvalue weighted by molar-refractivity contribution is 5.97. The van der Waals surface area contributed by atoms with E-state index in [1.165, 1.54) is 20.4 Å². The Kier molecular flexibility index (Phi) is 31.0. The molecule has 0 radical (unpaired) electrons. The number of amides is 8. The van der Waals surface area contributed by atoms with Crippen LogP contribution >= 0.6 is 0 Å². The molecule has 386 valence electrons. The van der Waals surface area contributed by atoms with Gasteiger partial charge in [0.25, 0.3) is 0 Å². The summed E-state index contributed by atoms with van der Waals surface area (Å²) in [7, 11) is 2.96. The number of rotatable bonds is 37. The van der Waals surface area contributed by atoms with Crippen LogP contribution in [0.2, 0.25) is 0 Å². The van der Waals surface area contributed by atoms with Crippen LogP contribution in [0.1, 0.15) is 63.0 Å². The van der Waals surface area contributed by atoms with Crippen LogP contribution in [0.25, 0.3) is 0 Å². The van der Waals surface area contributed by atoms with Gasteiger partial charge in [-0.25, -0.2) is 5.43 Å². The van der Waals surface area contributed by atoms with Gasteiger partial charge in [0.05, 0.1) is 64.7 Å². The Balaban J connectivity index is 2.95. The third-order valence-corrected chi connectivity index (χ3v) is 9.25. The van der Waals surface area contributed by atoms with E-state index in [-0.39, 0.29) is 52.5 Å². The predicted octanol–water partition coefficient (Wildman–Crippen LogP) is -7.21. The van der Waals surface area contributed by atoms with Crippen molar-refractivity contribution in [2.75, 3.05) is 73.5 Å². The molecule has 0 spiro atoms. The van der Waals surface area contributed by atoms with Crippen molar-refractivity contribution < 1.29 is 77.1 Å². The standard InChI is InChI=1S/C42H67N11O16/c1-26(54)49-30(41(64)51-32(22-36(57)58)39(62)45-12-14-68-18-16-66-2)21-35(56)53-48-25-28-9-7-27(8-10-28)24-47-34(55)20-31(50-38(61)29(44)6-4-5-11-43)42(65)52-33(23-37(59)60)40(63)46-13-15-69-19-17-67-3/h7-10,25,29-33H,4-6,11-24,43-44H2,1-3H3,(H,45,62)(H,46,63)(H,47,55)(H,49,54)(H,50,61)(H,51,64)(H,52,65)(H,53,56)(H,57,58)(H,59,60)/p-2/b48-25+. The monoisotopic (exact) mass is 979 g/mol. The minimum absolute atomic E-state index is 0.0221. The number of methoxy groups -OCH3 is 2.